The van der Waals surface area contributed by atoms with E-state index >= 15 is 0 Å². The fraction of sp³-hybridized carbons (Fsp3) is 0.667. The molecule has 0 radical (unpaired) electrons. The van der Waals surface area contributed by atoms with Gasteiger partial charge in [-0.15, -0.1) is 0 Å². The van der Waals surface area contributed by atoms with Crippen LogP contribution in [0.5, 0.6) is 0 Å². The quantitative estimate of drug-likeness (QED) is 0.604. The van der Waals surface area contributed by atoms with Crippen molar-refractivity contribution in [1.29, 1.82) is 0 Å². The van der Waals surface area contributed by atoms with Crippen molar-refractivity contribution in [2.24, 2.45) is 23.0 Å². The van der Waals surface area contributed by atoms with E-state index in [-0.39, 0.29) is 23.3 Å². The van der Waals surface area contributed by atoms with Gasteiger partial charge in [0.05, 0.1) is 10.3 Å². The molecule has 2 amide bonds. The molecule has 3 N–H and O–H groups in total. The highest BCUT2D eigenvalue weighted by atomic mass is 35.5. The Hall–Kier alpha value is -1.64. The van der Waals surface area contributed by atoms with Crippen LogP contribution in [0.2, 0.25) is 5.02 Å². The van der Waals surface area contributed by atoms with Crippen LogP contribution in [0.1, 0.15) is 64.9 Å². The number of likely N-dealkylation sites (N-methyl/N-ethyl adjacent to an activating group) is 1. The molecule has 4 aliphatic carbocycles. The number of hydrogen-bond donors (Lipinski definition) is 2. The highest BCUT2D eigenvalue weighted by molar-refractivity contribution is 7.89. The van der Waals surface area contributed by atoms with Crippen molar-refractivity contribution >= 4 is 33.4 Å². The molecule has 0 spiro atoms. The summed E-state index contributed by atoms with van der Waals surface area (Å²) in [6.07, 6.45) is 4.82. The maximum Gasteiger partial charge on any atom is 0.244 e. The van der Waals surface area contributed by atoms with Crippen LogP contribution in [0.25, 0.3) is 0 Å². The lowest BCUT2D eigenvalue weighted by Gasteiger charge is -2.61. The van der Waals surface area contributed by atoms with Crippen LogP contribution < -0.4 is 11.1 Å². The van der Waals surface area contributed by atoms with E-state index in [2.05, 4.69) is 5.32 Å². The average Bonchev–Trinajstić information content (AvgIpc) is 2.68. The molecule has 5 rings (SSSR count). The molecule has 4 fully saturated rings. The minimum absolute atomic E-state index is 0.0974. The van der Waals surface area contributed by atoms with E-state index in [9.17, 15) is 18.0 Å². The number of carbonyl (C=O) groups excluding carboxylic acids is 2. The lowest BCUT2D eigenvalue weighted by Crippen LogP contribution is -2.68. The summed E-state index contributed by atoms with van der Waals surface area (Å²) in [5, 5.41) is 3.59. The van der Waals surface area contributed by atoms with Crippen LogP contribution in [0, 0.1) is 24.2 Å². The first-order valence-corrected chi connectivity index (χ1v) is 13.5. The largest absolute Gasteiger partial charge is 0.369 e. The van der Waals surface area contributed by atoms with E-state index in [1.54, 1.807) is 39.8 Å². The lowest BCUT2D eigenvalue weighted by molar-refractivity contribution is -0.152. The maximum absolute atomic E-state index is 13.7. The zero-order valence-electron chi connectivity index (χ0n) is 19.8. The molecule has 1 aromatic rings. The third kappa shape index (κ3) is 3.88. The third-order valence-corrected chi connectivity index (χ3v) is 10.9. The molecule has 9 heteroatoms. The van der Waals surface area contributed by atoms with Crippen LogP contribution in [0.3, 0.4) is 0 Å². The summed E-state index contributed by atoms with van der Waals surface area (Å²) >= 11 is 6.19. The molecule has 2 atom stereocenters. The Bertz CT molecular complexity index is 1090. The van der Waals surface area contributed by atoms with Crippen molar-refractivity contribution in [1.82, 2.24) is 9.62 Å². The van der Waals surface area contributed by atoms with Gasteiger partial charge in [0, 0.05) is 17.1 Å². The second-order valence-electron chi connectivity index (χ2n) is 10.9. The Balaban J connectivity index is 1.63. The number of benzene rings is 1. The molecule has 0 aliphatic heterocycles. The Morgan fingerprint density at radius 3 is 2.36 bits per heavy atom. The van der Waals surface area contributed by atoms with Gasteiger partial charge in [0.15, 0.2) is 0 Å². The Kier molecular flexibility index (Phi) is 5.90. The van der Waals surface area contributed by atoms with E-state index in [0.717, 1.165) is 32.1 Å². The Labute approximate surface area is 201 Å². The number of rotatable bonds is 7. The van der Waals surface area contributed by atoms with Crippen molar-refractivity contribution in [3.8, 4) is 0 Å². The average molecular weight is 496 g/mol. The monoisotopic (exact) mass is 495 g/mol. The number of halogens is 1. The van der Waals surface area contributed by atoms with Gasteiger partial charge in [-0.2, -0.15) is 4.31 Å². The molecule has 33 heavy (non-hydrogen) atoms. The topological polar surface area (TPSA) is 110 Å². The SMILES string of the molecule is CCN(C(C)(C)C(=O)NC12CC3CC(C1)CC(C(N)=O)(C3)C2)S(=O)(=O)c1cccc(Cl)c1C. The number of nitrogens with zero attached hydrogens (tertiary/aromatic N) is 1. The van der Waals surface area contributed by atoms with Crippen LogP contribution in [-0.2, 0) is 19.6 Å². The van der Waals surface area contributed by atoms with Crippen LogP contribution in [0.15, 0.2) is 23.1 Å². The summed E-state index contributed by atoms with van der Waals surface area (Å²) in [5.41, 5.74) is 3.88. The van der Waals surface area contributed by atoms with Crippen LogP contribution >= 0.6 is 11.6 Å². The van der Waals surface area contributed by atoms with E-state index in [1.165, 1.54) is 10.4 Å². The second kappa shape index (κ2) is 7.95. The standard InChI is InChI=1S/C24H34ClN3O4S/c1-5-28(33(31,32)19-8-6-7-18(25)15(19)2)22(3,4)21(30)27-24-12-16-9-17(13-24)11-23(10-16,14-24)20(26)29/h6-8,16-17H,5,9-14H2,1-4H3,(H2,26,29)(H,27,30). The molecule has 0 saturated heterocycles. The fourth-order valence-corrected chi connectivity index (χ4v) is 9.29. The summed E-state index contributed by atoms with van der Waals surface area (Å²) in [7, 11) is -3.98. The molecular weight excluding hydrogens is 462 g/mol. The number of amides is 2. The zero-order valence-corrected chi connectivity index (χ0v) is 21.4. The molecule has 4 saturated carbocycles. The first kappa shape index (κ1) is 24.5. The van der Waals surface area contributed by atoms with Gasteiger partial charge >= 0.3 is 0 Å². The van der Waals surface area contributed by atoms with Crippen LogP contribution in [-0.4, -0.2) is 42.2 Å². The highest BCUT2D eigenvalue weighted by Gasteiger charge is 2.61. The third-order valence-electron chi connectivity index (χ3n) is 8.21. The zero-order chi connectivity index (χ0) is 24.4. The minimum Gasteiger partial charge on any atom is -0.369 e. The number of primary amides is 1. The molecule has 182 valence electrons. The number of carbonyl (C=O) groups is 2. The summed E-state index contributed by atoms with van der Waals surface area (Å²) in [6.45, 7) is 6.77. The van der Waals surface area contributed by atoms with Crippen molar-refractivity contribution in [2.75, 3.05) is 6.54 Å². The normalized spacial score (nSPS) is 31.1. The summed E-state index contributed by atoms with van der Waals surface area (Å²) in [6, 6.07) is 4.76. The van der Waals surface area contributed by atoms with Gasteiger partial charge < -0.3 is 11.1 Å². The lowest BCUT2D eigenvalue weighted by atomic mass is 9.46. The van der Waals surface area contributed by atoms with E-state index in [4.69, 9.17) is 17.3 Å². The molecule has 4 bridgehead atoms. The van der Waals surface area contributed by atoms with E-state index in [0.29, 0.717) is 28.8 Å². The first-order valence-electron chi connectivity index (χ1n) is 11.7. The van der Waals surface area contributed by atoms with Crippen molar-refractivity contribution in [3.05, 3.63) is 28.8 Å². The molecule has 1 aromatic carbocycles. The number of hydrogen-bond acceptors (Lipinski definition) is 4. The van der Waals surface area contributed by atoms with Gasteiger partial charge in [-0.1, -0.05) is 24.6 Å². The van der Waals surface area contributed by atoms with E-state index < -0.39 is 26.5 Å². The molecule has 0 heterocycles. The van der Waals surface area contributed by atoms with Gasteiger partial charge in [-0.05, 0) is 88.8 Å². The summed E-state index contributed by atoms with van der Waals surface area (Å²) < 4.78 is 28.5. The Morgan fingerprint density at radius 2 is 1.82 bits per heavy atom. The predicted molar refractivity (Wildman–Crippen MR) is 127 cm³/mol. The van der Waals surface area contributed by atoms with Crippen molar-refractivity contribution in [3.63, 3.8) is 0 Å². The fourth-order valence-electron chi connectivity index (χ4n) is 7.06. The second-order valence-corrected chi connectivity index (χ2v) is 13.2. The van der Waals surface area contributed by atoms with E-state index in [1.807, 2.05) is 0 Å². The van der Waals surface area contributed by atoms with Crippen LogP contribution in [0.4, 0.5) is 0 Å². The van der Waals surface area contributed by atoms with Gasteiger partial charge in [0.25, 0.3) is 0 Å². The van der Waals surface area contributed by atoms with Gasteiger partial charge in [0.1, 0.15) is 5.54 Å². The van der Waals surface area contributed by atoms with Crippen molar-refractivity contribution < 1.29 is 18.0 Å². The number of nitrogens with two attached hydrogens (primary N) is 1. The van der Waals surface area contributed by atoms with Gasteiger partial charge in [0.2, 0.25) is 21.8 Å². The summed E-state index contributed by atoms with van der Waals surface area (Å²) in [4.78, 5) is 26.2. The summed E-state index contributed by atoms with van der Waals surface area (Å²) in [5.74, 6) is 0.0995. The highest BCUT2D eigenvalue weighted by Crippen LogP contribution is 2.61. The molecule has 2 unspecified atom stereocenters. The maximum atomic E-state index is 13.7. The smallest absolute Gasteiger partial charge is 0.244 e. The minimum atomic E-state index is -3.98. The predicted octanol–water partition coefficient (Wildman–Crippen LogP) is 3.38. The van der Waals surface area contributed by atoms with Gasteiger partial charge in [-0.3, -0.25) is 9.59 Å². The number of sulfonamides is 1. The Morgan fingerprint density at radius 1 is 1.21 bits per heavy atom. The van der Waals surface area contributed by atoms with Gasteiger partial charge in [-0.25, -0.2) is 8.42 Å². The number of nitrogens with one attached hydrogen (secondary N) is 1. The van der Waals surface area contributed by atoms with Crippen molar-refractivity contribution in [2.45, 2.75) is 82.2 Å². The molecule has 0 aromatic heterocycles. The first-order chi connectivity index (χ1) is 15.3. The molecular formula is C24H34ClN3O4S. The molecule has 4 aliphatic rings. The molecule has 7 nitrogen and oxygen atoms in total.